The maximum Gasteiger partial charge on any atom is 0.199 e. The van der Waals surface area contributed by atoms with Gasteiger partial charge in [0, 0.05) is 16.8 Å². The number of nitriles is 1. The van der Waals surface area contributed by atoms with Crippen LogP contribution in [0.2, 0.25) is 5.02 Å². The van der Waals surface area contributed by atoms with Crippen LogP contribution < -0.4 is 0 Å². The zero-order valence-electron chi connectivity index (χ0n) is 14.3. The summed E-state index contributed by atoms with van der Waals surface area (Å²) in [5.74, 6) is 0.358. The highest BCUT2D eigenvalue weighted by Gasteiger charge is 2.26. The number of aryl methyl sites for hydroxylation is 1. The van der Waals surface area contributed by atoms with E-state index in [1.807, 2.05) is 6.92 Å². The molecule has 3 aromatic rings. The van der Waals surface area contributed by atoms with Crippen LogP contribution in [0.15, 0.2) is 64.6 Å². The minimum atomic E-state index is -3.87. The van der Waals surface area contributed by atoms with E-state index in [0.717, 1.165) is 17.3 Å². The van der Waals surface area contributed by atoms with Gasteiger partial charge in [0.05, 0.1) is 17.2 Å². The molecule has 0 amide bonds. The summed E-state index contributed by atoms with van der Waals surface area (Å²) in [6.45, 7) is 1.86. The summed E-state index contributed by atoms with van der Waals surface area (Å²) in [6, 6.07) is 15.2. The largest absolute Gasteiger partial charge is 0.261 e. The lowest BCUT2D eigenvalue weighted by atomic mass is 10.1. The van der Waals surface area contributed by atoms with Crippen LogP contribution in [-0.2, 0) is 9.84 Å². The van der Waals surface area contributed by atoms with Crippen molar-refractivity contribution >= 4 is 33.5 Å². The van der Waals surface area contributed by atoms with E-state index in [1.54, 1.807) is 48.7 Å². The summed E-state index contributed by atoms with van der Waals surface area (Å²) in [5, 5.41) is 15.2. The van der Waals surface area contributed by atoms with Crippen molar-refractivity contribution in [2.75, 3.05) is 0 Å². The number of nitrogens with one attached hydrogen (secondary N) is 1. The highest BCUT2D eigenvalue weighted by Crippen LogP contribution is 2.29. The molecular formula is C19H15ClN4O2S. The molecule has 0 radical (unpaired) electrons. The van der Waals surface area contributed by atoms with Gasteiger partial charge in [-0.15, -0.1) is 0 Å². The minimum absolute atomic E-state index is 0.0774. The van der Waals surface area contributed by atoms with E-state index in [4.69, 9.17) is 11.6 Å². The van der Waals surface area contributed by atoms with Gasteiger partial charge >= 0.3 is 0 Å². The molecule has 1 heterocycles. The summed E-state index contributed by atoms with van der Waals surface area (Å²) in [4.78, 5) is 4.25. The number of rotatable bonds is 5. The highest BCUT2D eigenvalue weighted by atomic mass is 35.5. The number of sulfone groups is 1. The maximum absolute atomic E-state index is 12.7. The molecule has 8 heteroatoms. The molecule has 0 aliphatic rings. The van der Waals surface area contributed by atoms with Crippen LogP contribution in [0.5, 0.6) is 0 Å². The fourth-order valence-electron chi connectivity index (χ4n) is 2.42. The van der Waals surface area contributed by atoms with E-state index in [2.05, 4.69) is 15.2 Å². The summed E-state index contributed by atoms with van der Waals surface area (Å²) < 4.78 is 25.3. The van der Waals surface area contributed by atoms with Crippen LogP contribution in [0.3, 0.4) is 0 Å². The standard InChI is InChI=1S/C19H15ClN4O2S/c1-13-2-8-16(9-3-13)27(25,26)17(10-21)11-22-19-18(12-23-24-19)14-4-6-15(20)7-5-14/h2-9,11-12,17H,1H3,(H,23,24). The van der Waals surface area contributed by atoms with Crippen LogP contribution in [0, 0.1) is 18.3 Å². The van der Waals surface area contributed by atoms with Gasteiger partial charge in [0.2, 0.25) is 0 Å². The van der Waals surface area contributed by atoms with Crippen LogP contribution in [0.4, 0.5) is 5.82 Å². The van der Waals surface area contributed by atoms with Crippen molar-refractivity contribution in [2.24, 2.45) is 4.99 Å². The fourth-order valence-corrected chi connectivity index (χ4v) is 3.71. The van der Waals surface area contributed by atoms with E-state index >= 15 is 0 Å². The summed E-state index contributed by atoms with van der Waals surface area (Å²) in [5.41, 5.74) is 2.42. The lowest BCUT2D eigenvalue weighted by Crippen LogP contribution is -2.21. The Morgan fingerprint density at radius 2 is 1.85 bits per heavy atom. The van der Waals surface area contributed by atoms with Gasteiger partial charge in [0.1, 0.15) is 0 Å². The Morgan fingerprint density at radius 3 is 2.48 bits per heavy atom. The van der Waals surface area contributed by atoms with E-state index in [-0.39, 0.29) is 4.90 Å². The first-order chi connectivity index (χ1) is 12.9. The molecule has 6 nitrogen and oxygen atoms in total. The molecular weight excluding hydrogens is 384 g/mol. The number of aromatic amines is 1. The zero-order chi connectivity index (χ0) is 19.4. The summed E-state index contributed by atoms with van der Waals surface area (Å²) in [6.07, 6.45) is 2.69. The third kappa shape index (κ3) is 4.08. The normalized spacial score (nSPS) is 12.8. The molecule has 1 N–H and O–H groups in total. The monoisotopic (exact) mass is 398 g/mol. The number of benzene rings is 2. The second-order valence-corrected chi connectivity index (χ2v) is 8.33. The molecule has 0 saturated carbocycles. The van der Waals surface area contributed by atoms with Gasteiger partial charge in [0.15, 0.2) is 20.9 Å². The van der Waals surface area contributed by atoms with Crippen LogP contribution in [0.1, 0.15) is 5.56 Å². The number of aromatic nitrogens is 2. The van der Waals surface area contributed by atoms with E-state index < -0.39 is 15.1 Å². The predicted molar refractivity (Wildman–Crippen MR) is 105 cm³/mol. The second kappa shape index (κ2) is 7.74. The van der Waals surface area contributed by atoms with Gasteiger partial charge in [0.25, 0.3) is 0 Å². The number of aliphatic imine (C=N–C) groups is 1. The van der Waals surface area contributed by atoms with Crippen LogP contribution in [-0.4, -0.2) is 30.1 Å². The Kier molecular flexibility index (Phi) is 5.40. The van der Waals surface area contributed by atoms with E-state index in [0.29, 0.717) is 16.4 Å². The first-order valence-corrected chi connectivity index (χ1v) is 9.88. The number of nitrogens with zero attached hydrogens (tertiary/aromatic N) is 3. The van der Waals surface area contributed by atoms with Crippen molar-refractivity contribution in [3.63, 3.8) is 0 Å². The van der Waals surface area contributed by atoms with Gasteiger partial charge in [-0.05, 0) is 36.8 Å². The molecule has 1 unspecified atom stereocenters. The Bertz CT molecular complexity index is 1110. The summed E-state index contributed by atoms with van der Waals surface area (Å²) >= 11 is 5.90. The number of hydrogen-bond acceptors (Lipinski definition) is 5. The number of halogens is 1. The number of hydrogen-bond donors (Lipinski definition) is 1. The average Bonchev–Trinajstić information content (AvgIpc) is 3.11. The molecule has 2 aromatic carbocycles. The van der Waals surface area contributed by atoms with Crippen molar-refractivity contribution in [3.05, 3.63) is 65.3 Å². The molecule has 1 aromatic heterocycles. The topological polar surface area (TPSA) is 99.0 Å². The Labute approximate surface area is 162 Å². The van der Waals surface area contributed by atoms with Gasteiger partial charge in [-0.2, -0.15) is 10.4 Å². The van der Waals surface area contributed by atoms with E-state index in [9.17, 15) is 13.7 Å². The van der Waals surface area contributed by atoms with E-state index in [1.165, 1.54) is 12.1 Å². The van der Waals surface area contributed by atoms with Crippen molar-refractivity contribution < 1.29 is 8.42 Å². The maximum atomic E-state index is 12.7. The van der Waals surface area contributed by atoms with Crippen molar-refractivity contribution in [3.8, 4) is 17.2 Å². The highest BCUT2D eigenvalue weighted by molar-refractivity contribution is 7.93. The quantitative estimate of drug-likeness (QED) is 0.653. The third-order valence-corrected chi connectivity index (χ3v) is 6.00. The Balaban J connectivity index is 1.91. The fraction of sp³-hybridized carbons (Fsp3) is 0.105. The Hall–Kier alpha value is -2.95. The third-order valence-electron chi connectivity index (χ3n) is 3.92. The predicted octanol–water partition coefficient (Wildman–Crippen LogP) is 4.11. The van der Waals surface area contributed by atoms with Gasteiger partial charge in [-0.25, -0.2) is 13.4 Å². The second-order valence-electron chi connectivity index (χ2n) is 5.83. The molecule has 1 atom stereocenters. The number of H-pyrrole nitrogens is 1. The molecule has 0 bridgehead atoms. The lowest BCUT2D eigenvalue weighted by Gasteiger charge is -2.07. The van der Waals surface area contributed by atoms with Gasteiger partial charge < -0.3 is 0 Å². The average molecular weight is 399 g/mol. The molecule has 136 valence electrons. The van der Waals surface area contributed by atoms with Gasteiger partial charge in [-0.3, -0.25) is 5.10 Å². The zero-order valence-corrected chi connectivity index (χ0v) is 15.9. The van der Waals surface area contributed by atoms with Crippen molar-refractivity contribution in [2.45, 2.75) is 17.1 Å². The summed E-state index contributed by atoms with van der Waals surface area (Å²) in [7, 11) is -3.87. The Morgan fingerprint density at radius 1 is 1.19 bits per heavy atom. The minimum Gasteiger partial charge on any atom is -0.261 e. The van der Waals surface area contributed by atoms with Crippen molar-refractivity contribution in [1.29, 1.82) is 5.26 Å². The van der Waals surface area contributed by atoms with Crippen LogP contribution in [0.25, 0.3) is 11.1 Å². The molecule has 3 rings (SSSR count). The SMILES string of the molecule is Cc1ccc(S(=O)(=O)C(C#N)C=Nc2[nH]ncc2-c2ccc(Cl)cc2)cc1. The smallest absolute Gasteiger partial charge is 0.199 e. The molecule has 0 aliphatic heterocycles. The first-order valence-electron chi connectivity index (χ1n) is 7.95. The lowest BCUT2D eigenvalue weighted by molar-refractivity contribution is 0.596. The van der Waals surface area contributed by atoms with Crippen molar-refractivity contribution in [1.82, 2.24) is 10.2 Å². The molecule has 0 fully saturated rings. The van der Waals surface area contributed by atoms with Crippen LogP contribution >= 0.6 is 11.6 Å². The molecule has 0 spiro atoms. The first kappa shape index (κ1) is 18.8. The van der Waals surface area contributed by atoms with Gasteiger partial charge in [-0.1, -0.05) is 41.4 Å². The molecule has 0 aliphatic carbocycles. The molecule has 27 heavy (non-hydrogen) atoms. The molecule has 0 saturated heterocycles.